The van der Waals surface area contributed by atoms with Crippen LogP contribution in [0, 0.1) is 5.92 Å². The van der Waals surface area contributed by atoms with Crippen LogP contribution in [-0.2, 0) is 0 Å². The minimum Gasteiger partial charge on any atom is -0.507 e. The number of aromatic hydroxyl groups is 2. The maximum Gasteiger partial charge on any atom is 0.129 e. The highest BCUT2D eigenvalue weighted by molar-refractivity contribution is 7.99. The third kappa shape index (κ3) is 5.02. The Bertz CT molecular complexity index is 533. The van der Waals surface area contributed by atoms with Crippen molar-refractivity contribution in [3.05, 3.63) is 48.5 Å². The zero-order valence-electron chi connectivity index (χ0n) is 11.1. The summed E-state index contributed by atoms with van der Waals surface area (Å²) in [6.07, 6.45) is 2.75. The number of thiol groups is 1. The highest BCUT2D eigenvalue weighted by Crippen LogP contribution is 2.37. The molecule has 0 amide bonds. The van der Waals surface area contributed by atoms with E-state index in [2.05, 4.69) is 12.6 Å². The number of phenols is 2. The van der Waals surface area contributed by atoms with E-state index >= 15 is 0 Å². The van der Waals surface area contributed by atoms with Crippen LogP contribution in [0.25, 0.3) is 0 Å². The predicted molar refractivity (Wildman–Crippen MR) is 86.9 cm³/mol. The highest BCUT2D eigenvalue weighted by atomic mass is 32.2. The van der Waals surface area contributed by atoms with Crippen LogP contribution >= 0.6 is 24.4 Å². The van der Waals surface area contributed by atoms with Gasteiger partial charge in [0.2, 0.25) is 0 Å². The summed E-state index contributed by atoms with van der Waals surface area (Å²) in [7, 11) is 0. The Kier molecular flexibility index (Phi) is 5.68. The van der Waals surface area contributed by atoms with E-state index in [1.807, 2.05) is 24.3 Å². The molecule has 2 aromatic rings. The van der Waals surface area contributed by atoms with Crippen LogP contribution in [0.3, 0.4) is 0 Å². The molecule has 0 aromatic heterocycles. The molecule has 2 nitrogen and oxygen atoms in total. The van der Waals surface area contributed by atoms with Crippen molar-refractivity contribution in [2.24, 2.45) is 5.92 Å². The second kappa shape index (κ2) is 7.50. The Balaban J connectivity index is 0.000000160. The molecule has 2 N–H and O–H groups in total. The van der Waals surface area contributed by atoms with E-state index in [1.54, 1.807) is 36.0 Å². The fourth-order valence-corrected chi connectivity index (χ4v) is 2.84. The van der Waals surface area contributed by atoms with Crippen molar-refractivity contribution in [1.82, 2.24) is 0 Å². The maximum atomic E-state index is 9.42. The van der Waals surface area contributed by atoms with E-state index in [4.69, 9.17) is 5.11 Å². The Morgan fingerprint density at radius 3 is 2.05 bits per heavy atom. The zero-order chi connectivity index (χ0) is 14.4. The van der Waals surface area contributed by atoms with E-state index in [-0.39, 0.29) is 5.75 Å². The van der Waals surface area contributed by atoms with Crippen molar-refractivity contribution < 1.29 is 10.2 Å². The first-order chi connectivity index (χ1) is 9.66. The molecule has 0 heterocycles. The zero-order valence-corrected chi connectivity index (χ0v) is 12.8. The fraction of sp³-hybridized carbons (Fsp3) is 0.250. The van der Waals surface area contributed by atoms with Crippen molar-refractivity contribution in [1.29, 1.82) is 0 Å². The number of benzene rings is 2. The third-order valence-corrected chi connectivity index (χ3v) is 4.59. The van der Waals surface area contributed by atoms with E-state index in [0.29, 0.717) is 10.6 Å². The molecule has 2 aromatic carbocycles. The summed E-state index contributed by atoms with van der Waals surface area (Å²) in [5.41, 5.74) is 0. The average molecular weight is 306 g/mol. The molecule has 0 bridgehead atoms. The molecule has 0 spiro atoms. The van der Waals surface area contributed by atoms with E-state index in [9.17, 15) is 5.11 Å². The van der Waals surface area contributed by atoms with Gasteiger partial charge < -0.3 is 10.2 Å². The van der Waals surface area contributed by atoms with Gasteiger partial charge in [-0.3, -0.25) is 0 Å². The van der Waals surface area contributed by atoms with E-state index in [0.717, 1.165) is 16.6 Å². The standard InChI is InChI=1S/C10H12OS.C6H6OS/c11-9-3-1-2-4-10(9)12-7-8-5-6-8;7-5-3-1-2-4-6(5)8/h1-4,8,11H,5-7H2;1-4,7-8H. The summed E-state index contributed by atoms with van der Waals surface area (Å²) < 4.78 is 0. The second-order valence-electron chi connectivity index (χ2n) is 4.71. The average Bonchev–Trinajstić information content (AvgIpc) is 3.26. The van der Waals surface area contributed by atoms with Gasteiger partial charge in [-0.1, -0.05) is 24.3 Å². The van der Waals surface area contributed by atoms with Gasteiger partial charge in [-0.05, 0) is 43.0 Å². The summed E-state index contributed by atoms with van der Waals surface area (Å²) >= 11 is 5.72. The minimum absolute atomic E-state index is 0.232. The van der Waals surface area contributed by atoms with Crippen molar-refractivity contribution in [3.63, 3.8) is 0 Å². The lowest BCUT2D eigenvalue weighted by Crippen LogP contribution is -1.80. The molecule has 1 aliphatic carbocycles. The summed E-state index contributed by atoms with van der Waals surface area (Å²) in [5.74, 6) is 2.73. The molecule has 20 heavy (non-hydrogen) atoms. The first-order valence-corrected chi connectivity index (χ1v) is 7.98. The van der Waals surface area contributed by atoms with Crippen LogP contribution in [0.5, 0.6) is 11.5 Å². The van der Waals surface area contributed by atoms with Gasteiger partial charge in [0.1, 0.15) is 11.5 Å². The van der Waals surface area contributed by atoms with Crippen molar-refractivity contribution in [2.45, 2.75) is 22.6 Å². The van der Waals surface area contributed by atoms with Crippen LogP contribution < -0.4 is 0 Å². The molecule has 0 aliphatic heterocycles. The van der Waals surface area contributed by atoms with Crippen molar-refractivity contribution in [3.8, 4) is 11.5 Å². The number of rotatable bonds is 3. The Hall–Kier alpha value is -1.26. The molecule has 4 heteroatoms. The monoisotopic (exact) mass is 306 g/mol. The van der Waals surface area contributed by atoms with Crippen LogP contribution in [0.1, 0.15) is 12.8 Å². The lowest BCUT2D eigenvalue weighted by atomic mass is 10.3. The molecule has 1 saturated carbocycles. The number of hydrogen-bond acceptors (Lipinski definition) is 4. The van der Waals surface area contributed by atoms with Gasteiger partial charge in [-0.25, -0.2) is 0 Å². The summed E-state index contributed by atoms with van der Waals surface area (Å²) in [6.45, 7) is 0. The molecule has 3 rings (SSSR count). The van der Waals surface area contributed by atoms with Gasteiger partial charge >= 0.3 is 0 Å². The third-order valence-electron chi connectivity index (χ3n) is 2.92. The molecular formula is C16H18O2S2. The maximum absolute atomic E-state index is 9.42. The van der Waals surface area contributed by atoms with Gasteiger partial charge in [0.05, 0.1) is 0 Å². The SMILES string of the molecule is Oc1ccccc1S.Oc1ccccc1SCC1CC1. The van der Waals surface area contributed by atoms with Gasteiger partial charge in [0.25, 0.3) is 0 Å². The van der Waals surface area contributed by atoms with Crippen molar-refractivity contribution in [2.75, 3.05) is 5.75 Å². The largest absolute Gasteiger partial charge is 0.507 e. The summed E-state index contributed by atoms with van der Waals surface area (Å²) in [6, 6.07) is 14.5. The van der Waals surface area contributed by atoms with Crippen LogP contribution in [-0.4, -0.2) is 16.0 Å². The van der Waals surface area contributed by atoms with E-state index < -0.39 is 0 Å². The van der Waals surface area contributed by atoms with Crippen LogP contribution in [0.2, 0.25) is 0 Å². The van der Waals surface area contributed by atoms with Gasteiger partial charge in [0.15, 0.2) is 0 Å². The van der Waals surface area contributed by atoms with Crippen LogP contribution in [0.15, 0.2) is 58.3 Å². The minimum atomic E-state index is 0.232. The van der Waals surface area contributed by atoms with Crippen LogP contribution in [0.4, 0.5) is 0 Å². The summed E-state index contributed by atoms with van der Waals surface area (Å²) in [5, 5.41) is 18.3. The first kappa shape index (κ1) is 15.1. The number of hydrogen-bond donors (Lipinski definition) is 3. The highest BCUT2D eigenvalue weighted by Gasteiger charge is 2.21. The first-order valence-electron chi connectivity index (χ1n) is 6.54. The predicted octanol–water partition coefficient (Wildman–Crippen LogP) is 4.58. The molecule has 0 radical (unpaired) electrons. The number of thioether (sulfide) groups is 1. The Morgan fingerprint density at radius 1 is 0.950 bits per heavy atom. The molecule has 0 unspecified atom stereocenters. The van der Waals surface area contributed by atoms with Gasteiger partial charge in [0, 0.05) is 15.5 Å². The topological polar surface area (TPSA) is 40.5 Å². The smallest absolute Gasteiger partial charge is 0.129 e. The molecule has 0 saturated heterocycles. The van der Waals surface area contributed by atoms with Crippen molar-refractivity contribution >= 4 is 24.4 Å². The number of para-hydroxylation sites is 2. The molecule has 106 valence electrons. The van der Waals surface area contributed by atoms with Gasteiger partial charge in [-0.2, -0.15) is 0 Å². The molecule has 1 fully saturated rings. The second-order valence-corrected chi connectivity index (χ2v) is 6.25. The van der Waals surface area contributed by atoms with Gasteiger partial charge in [-0.15, -0.1) is 24.4 Å². The quantitative estimate of drug-likeness (QED) is 0.574. The fourth-order valence-electron chi connectivity index (χ4n) is 1.54. The normalized spacial score (nSPS) is 13.4. The molecule has 0 atom stereocenters. The Labute approximate surface area is 129 Å². The molecule has 1 aliphatic rings. The molecular weight excluding hydrogens is 288 g/mol. The lowest BCUT2D eigenvalue weighted by molar-refractivity contribution is 0.462. The summed E-state index contributed by atoms with van der Waals surface area (Å²) in [4.78, 5) is 1.64. The lowest BCUT2D eigenvalue weighted by Gasteiger charge is -2.01. The van der Waals surface area contributed by atoms with E-state index in [1.165, 1.54) is 12.8 Å². The number of phenolic OH excluding ortho intramolecular Hbond substituents is 2. The Morgan fingerprint density at radius 2 is 1.55 bits per heavy atom.